The monoisotopic (exact) mass is 348 g/mol. The molecule has 1 aromatic heterocycles. The lowest BCUT2D eigenvalue weighted by atomic mass is 10.2. The Kier molecular flexibility index (Phi) is 5.34. The van der Waals surface area contributed by atoms with Crippen molar-refractivity contribution in [2.75, 3.05) is 17.2 Å². The predicted molar refractivity (Wildman–Crippen MR) is 101 cm³/mol. The van der Waals surface area contributed by atoms with Gasteiger partial charge in [0.1, 0.15) is 17.3 Å². The fourth-order valence-electron chi connectivity index (χ4n) is 2.28. The number of hydrogen-bond donors (Lipinski definition) is 2. The third-order valence-corrected chi connectivity index (χ3v) is 3.52. The molecule has 0 unspecified atom stereocenters. The van der Waals surface area contributed by atoms with Crippen LogP contribution in [0.5, 0.6) is 0 Å². The second-order valence-corrected chi connectivity index (χ2v) is 5.46. The van der Waals surface area contributed by atoms with E-state index in [0.717, 1.165) is 5.56 Å². The van der Waals surface area contributed by atoms with Gasteiger partial charge >= 0.3 is 0 Å². The maximum atomic E-state index is 13.0. The number of carbonyl (C=O) groups is 1. The fourth-order valence-corrected chi connectivity index (χ4v) is 2.28. The van der Waals surface area contributed by atoms with Gasteiger partial charge in [0.25, 0.3) is 5.91 Å². The van der Waals surface area contributed by atoms with Crippen molar-refractivity contribution < 1.29 is 9.18 Å². The van der Waals surface area contributed by atoms with Gasteiger partial charge in [0.05, 0.1) is 0 Å². The van der Waals surface area contributed by atoms with Gasteiger partial charge in [0, 0.05) is 23.9 Å². The number of benzene rings is 2. The van der Waals surface area contributed by atoms with E-state index in [1.54, 1.807) is 12.1 Å². The first kappa shape index (κ1) is 17.3. The number of anilines is 2. The molecular formula is C20H17FN4O. The third kappa shape index (κ3) is 4.30. The molecule has 2 N–H and O–H groups in total. The van der Waals surface area contributed by atoms with Crippen molar-refractivity contribution in [2.45, 2.75) is 0 Å². The summed E-state index contributed by atoms with van der Waals surface area (Å²) in [6.45, 7) is 4.17. The lowest BCUT2D eigenvalue weighted by Crippen LogP contribution is -2.15. The second kappa shape index (κ2) is 8.02. The molecule has 0 saturated heterocycles. The molecule has 0 radical (unpaired) electrons. The van der Waals surface area contributed by atoms with E-state index in [1.807, 2.05) is 30.3 Å². The van der Waals surface area contributed by atoms with E-state index in [-0.39, 0.29) is 11.5 Å². The van der Waals surface area contributed by atoms with Crippen molar-refractivity contribution >= 4 is 17.4 Å². The summed E-state index contributed by atoms with van der Waals surface area (Å²) in [6, 6.07) is 16.5. The van der Waals surface area contributed by atoms with Crippen LogP contribution in [0.3, 0.4) is 0 Å². The van der Waals surface area contributed by atoms with Crippen LogP contribution in [0.1, 0.15) is 10.5 Å². The summed E-state index contributed by atoms with van der Waals surface area (Å²) < 4.78 is 13.0. The van der Waals surface area contributed by atoms with Crippen molar-refractivity contribution in [3.63, 3.8) is 0 Å². The maximum absolute atomic E-state index is 13.0. The molecule has 2 aromatic carbocycles. The smallest absolute Gasteiger partial charge is 0.274 e. The largest absolute Gasteiger partial charge is 0.366 e. The zero-order valence-electron chi connectivity index (χ0n) is 13.9. The van der Waals surface area contributed by atoms with Crippen LogP contribution in [0.4, 0.5) is 15.9 Å². The molecule has 130 valence electrons. The summed E-state index contributed by atoms with van der Waals surface area (Å²) in [7, 11) is 0. The quantitative estimate of drug-likeness (QED) is 0.657. The molecule has 0 atom stereocenters. The zero-order chi connectivity index (χ0) is 18.4. The zero-order valence-corrected chi connectivity index (χ0v) is 13.9. The Morgan fingerprint density at radius 3 is 2.50 bits per heavy atom. The van der Waals surface area contributed by atoms with Gasteiger partial charge in [-0.1, -0.05) is 36.4 Å². The number of hydrogen-bond acceptors (Lipinski definition) is 4. The van der Waals surface area contributed by atoms with Crippen LogP contribution < -0.4 is 10.6 Å². The highest BCUT2D eigenvalue weighted by Crippen LogP contribution is 2.19. The summed E-state index contributed by atoms with van der Waals surface area (Å²) in [6.07, 6.45) is 1.70. The molecular weight excluding hydrogens is 331 g/mol. The van der Waals surface area contributed by atoms with Crippen LogP contribution in [0.15, 0.2) is 73.3 Å². The molecule has 5 nitrogen and oxygen atoms in total. The SMILES string of the molecule is C=CCNc1cc(C(=O)Nc2ccc(F)cc2)nc(-c2ccccc2)n1. The number of rotatable bonds is 6. The molecule has 26 heavy (non-hydrogen) atoms. The highest BCUT2D eigenvalue weighted by molar-refractivity contribution is 6.03. The van der Waals surface area contributed by atoms with Crippen LogP contribution in [0.2, 0.25) is 0 Å². The molecule has 3 aromatic rings. The lowest BCUT2D eigenvalue weighted by Gasteiger charge is -2.10. The van der Waals surface area contributed by atoms with E-state index in [9.17, 15) is 9.18 Å². The van der Waals surface area contributed by atoms with Crippen LogP contribution in [-0.2, 0) is 0 Å². The summed E-state index contributed by atoms with van der Waals surface area (Å²) in [5, 5.41) is 5.78. The first-order valence-corrected chi connectivity index (χ1v) is 8.02. The van der Waals surface area contributed by atoms with E-state index < -0.39 is 5.91 Å². The highest BCUT2D eigenvalue weighted by atomic mass is 19.1. The molecule has 0 spiro atoms. The number of amides is 1. The molecule has 0 fully saturated rings. The van der Waals surface area contributed by atoms with Crippen LogP contribution in [0.25, 0.3) is 11.4 Å². The number of carbonyl (C=O) groups excluding carboxylic acids is 1. The Morgan fingerprint density at radius 1 is 1.08 bits per heavy atom. The molecule has 1 heterocycles. The minimum absolute atomic E-state index is 0.203. The Hall–Kier alpha value is -3.54. The van der Waals surface area contributed by atoms with Crippen molar-refractivity contribution in [2.24, 2.45) is 0 Å². The van der Waals surface area contributed by atoms with Gasteiger partial charge in [-0.05, 0) is 24.3 Å². The van der Waals surface area contributed by atoms with Crippen LogP contribution in [-0.4, -0.2) is 22.4 Å². The van der Waals surface area contributed by atoms with Gasteiger partial charge in [-0.3, -0.25) is 4.79 Å². The number of halogens is 1. The van der Waals surface area contributed by atoms with E-state index >= 15 is 0 Å². The third-order valence-electron chi connectivity index (χ3n) is 3.52. The molecule has 0 aliphatic rings. The van der Waals surface area contributed by atoms with Crippen molar-refractivity contribution in [3.8, 4) is 11.4 Å². The van der Waals surface area contributed by atoms with Crippen molar-refractivity contribution in [1.29, 1.82) is 0 Å². The minimum Gasteiger partial charge on any atom is -0.366 e. The lowest BCUT2D eigenvalue weighted by molar-refractivity contribution is 0.102. The van der Waals surface area contributed by atoms with Crippen molar-refractivity contribution in [1.82, 2.24) is 9.97 Å². The molecule has 0 aliphatic carbocycles. The van der Waals surface area contributed by atoms with Gasteiger partial charge in [-0.25, -0.2) is 14.4 Å². The summed E-state index contributed by atoms with van der Waals surface area (Å²) in [4.78, 5) is 21.4. The summed E-state index contributed by atoms with van der Waals surface area (Å²) in [5.41, 5.74) is 1.48. The van der Waals surface area contributed by atoms with E-state index in [2.05, 4.69) is 27.2 Å². The first-order valence-electron chi connectivity index (χ1n) is 8.02. The number of nitrogens with one attached hydrogen (secondary N) is 2. The Balaban J connectivity index is 1.92. The molecule has 6 heteroatoms. The molecule has 1 amide bonds. The van der Waals surface area contributed by atoms with Crippen molar-refractivity contribution in [3.05, 3.63) is 84.8 Å². The Morgan fingerprint density at radius 2 is 1.81 bits per heavy atom. The van der Waals surface area contributed by atoms with Gasteiger partial charge in [-0.2, -0.15) is 0 Å². The normalized spacial score (nSPS) is 10.2. The standard InChI is InChI=1S/C20H17FN4O/c1-2-12-22-18-13-17(20(26)23-16-10-8-15(21)9-11-16)24-19(25-18)14-6-4-3-5-7-14/h2-11,13H,1,12H2,(H,23,26)(H,22,24,25). The molecule has 0 aliphatic heterocycles. The van der Waals surface area contributed by atoms with Gasteiger partial charge < -0.3 is 10.6 Å². The number of nitrogens with zero attached hydrogens (tertiary/aromatic N) is 2. The van der Waals surface area contributed by atoms with E-state index in [0.29, 0.717) is 23.9 Å². The highest BCUT2D eigenvalue weighted by Gasteiger charge is 2.13. The molecule has 0 bridgehead atoms. The minimum atomic E-state index is -0.405. The Labute approximate surface area is 150 Å². The topological polar surface area (TPSA) is 66.9 Å². The maximum Gasteiger partial charge on any atom is 0.274 e. The fraction of sp³-hybridized carbons (Fsp3) is 0.0500. The molecule has 0 saturated carbocycles. The van der Waals surface area contributed by atoms with Crippen LogP contribution >= 0.6 is 0 Å². The Bertz CT molecular complexity index is 911. The average molecular weight is 348 g/mol. The van der Waals surface area contributed by atoms with Gasteiger partial charge in [-0.15, -0.1) is 6.58 Å². The molecule has 3 rings (SSSR count). The first-order chi connectivity index (χ1) is 12.7. The summed E-state index contributed by atoms with van der Waals surface area (Å²) >= 11 is 0. The van der Waals surface area contributed by atoms with Crippen LogP contribution in [0, 0.1) is 5.82 Å². The van der Waals surface area contributed by atoms with E-state index in [4.69, 9.17) is 0 Å². The van der Waals surface area contributed by atoms with Gasteiger partial charge in [0.2, 0.25) is 0 Å². The second-order valence-electron chi connectivity index (χ2n) is 5.46. The summed E-state index contributed by atoms with van der Waals surface area (Å²) in [5.74, 6) is 0.178. The van der Waals surface area contributed by atoms with E-state index in [1.165, 1.54) is 24.3 Å². The number of aromatic nitrogens is 2. The predicted octanol–water partition coefficient (Wildman–Crippen LogP) is 4.13. The van der Waals surface area contributed by atoms with Gasteiger partial charge in [0.15, 0.2) is 5.82 Å². The average Bonchev–Trinajstić information content (AvgIpc) is 2.68.